The number of aliphatic hydroxyl groups excluding tert-OH is 1. The van der Waals surface area contributed by atoms with E-state index in [-0.39, 0.29) is 5.82 Å². The predicted molar refractivity (Wildman–Crippen MR) is 81.2 cm³/mol. The van der Waals surface area contributed by atoms with Crippen molar-refractivity contribution in [3.8, 4) is 0 Å². The predicted octanol–water partition coefficient (Wildman–Crippen LogP) is 4.34. The van der Waals surface area contributed by atoms with Gasteiger partial charge in [0.25, 0.3) is 0 Å². The van der Waals surface area contributed by atoms with E-state index in [4.69, 9.17) is 0 Å². The number of halogens is 2. The number of hydrogen-bond donors (Lipinski definition) is 1. The van der Waals surface area contributed by atoms with Gasteiger partial charge in [0.2, 0.25) is 0 Å². The fourth-order valence-electron chi connectivity index (χ4n) is 2.03. The third-order valence-corrected chi connectivity index (χ3v) is 4.56. The number of hydrogen-bond acceptors (Lipinski definition) is 3. The van der Waals surface area contributed by atoms with Gasteiger partial charge in [-0.05, 0) is 41.1 Å². The summed E-state index contributed by atoms with van der Waals surface area (Å²) in [5.41, 5.74) is 1.07. The molecule has 2 aromatic rings. The van der Waals surface area contributed by atoms with Crippen LogP contribution in [0.4, 0.5) is 10.1 Å². The molecule has 1 aromatic carbocycles. The maximum absolute atomic E-state index is 13.8. The summed E-state index contributed by atoms with van der Waals surface area (Å²) in [5, 5.41) is 11.8. The normalized spacial score (nSPS) is 12.5. The number of aliphatic hydroxyl groups is 1. The van der Waals surface area contributed by atoms with Crippen LogP contribution in [0.25, 0.3) is 0 Å². The minimum absolute atomic E-state index is 0.348. The lowest BCUT2D eigenvalue weighted by molar-refractivity contribution is 0.194. The molecular formula is C14H15BrFNOS. The molecule has 5 heteroatoms. The van der Waals surface area contributed by atoms with Crippen LogP contribution in [-0.4, -0.2) is 12.2 Å². The van der Waals surface area contributed by atoms with Crippen LogP contribution < -0.4 is 4.90 Å². The molecule has 0 aliphatic rings. The second kappa shape index (κ2) is 6.03. The van der Waals surface area contributed by atoms with Gasteiger partial charge in [-0.2, -0.15) is 0 Å². The molecule has 0 spiro atoms. The molecule has 0 aliphatic heterocycles. The maximum atomic E-state index is 13.8. The summed E-state index contributed by atoms with van der Waals surface area (Å²) in [4.78, 5) is 3.12. The summed E-state index contributed by atoms with van der Waals surface area (Å²) < 4.78 is 14.9. The lowest BCUT2D eigenvalue weighted by atomic mass is 10.1. The zero-order valence-electron chi connectivity index (χ0n) is 10.7. The SMILES string of the molecule is CC(O)c1c(F)cccc1N(C)Cc1cc(Br)cs1. The Kier molecular flexibility index (Phi) is 4.60. The van der Waals surface area contributed by atoms with Crippen molar-refractivity contribution in [2.45, 2.75) is 19.6 Å². The van der Waals surface area contributed by atoms with Crippen molar-refractivity contribution in [2.75, 3.05) is 11.9 Å². The summed E-state index contributed by atoms with van der Waals surface area (Å²) in [6.07, 6.45) is -0.825. The summed E-state index contributed by atoms with van der Waals surface area (Å²) in [7, 11) is 1.90. The molecular weight excluding hydrogens is 329 g/mol. The first-order chi connectivity index (χ1) is 8.99. The monoisotopic (exact) mass is 343 g/mol. The van der Waals surface area contributed by atoms with Gasteiger partial charge in [-0.25, -0.2) is 4.39 Å². The lowest BCUT2D eigenvalue weighted by Crippen LogP contribution is -2.18. The lowest BCUT2D eigenvalue weighted by Gasteiger charge is -2.23. The number of rotatable bonds is 4. The highest BCUT2D eigenvalue weighted by Gasteiger charge is 2.16. The second-order valence-corrected chi connectivity index (χ2v) is 6.35. The van der Waals surface area contributed by atoms with E-state index >= 15 is 0 Å². The van der Waals surface area contributed by atoms with Gasteiger partial charge in [0.1, 0.15) is 5.82 Å². The Morgan fingerprint density at radius 3 is 2.79 bits per heavy atom. The largest absolute Gasteiger partial charge is 0.389 e. The first-order valence-electron chi connectivity index (χ1n) is 5.89. The quantitative estimate of drug-likeness (QED) is 0.892. The third-order valence-electron chi connectivity index (χ3n) is 2.87. The first kappa shape index (κ1) is 14.5. The van der Waals surface area contributed by atoms with Gasteiger partial charge in [-0.15, -0.1) is 11.3 Å². The molecule has 0 bridgehead atoms. The molecule has 0 saturated heterocycles. The first-order valence-corrected chi connectivity index (χ1v) is 7.57. The van der Waals surface area contributed by atoms with E-state index in [1.165, 1.54) is 10.9 Å². The van der Waals surface area contributed by atoms with Crippen LogP contribution in [0.5, 0.6) is 0 Å². The van der Waals surface area contributed by atoms with Crippen LogP contribution in [0, 0.1) is 5.82 Å². The Morgan fingerprint density at radius 2 is 2.21 bits per heavy atom. The zero-order chi connectivity index (χ0) is 14.0. The van der Waals surface area contributed by atoms with Crippen molar-refractivity contribution >= 4 is 33.0 Å². The van der Waals surface area contributed by atoms with Gasteiger partial charge < -0.3 is 10.0 Å². The average Bonchev–Trinajstić information content (AvgIpc) is 2.73. The van der Waals surface area contributed by atoms with Gasteiger partial charge >= 0.3 is 0 Å². The number of benzene rings is 1. The molecule has 2 nitrogen and oxygen atoms in total. The highest BCUT2D eigenvalue weighted by Crippen LogP contribution is 2.30. The zero-order valence-corrected chi connectivity index (χ0v) is 13.1. The number of nitrogens with zero attached hydrogens (tertiary/aromatic N) is 1. The summed E-state index contributed by atoms with van der Waals surface area (Å²) >= 11 is 5.07. The minimum Gasteiger partial charge on any atom is -0.389 e. The van der Waals surface area contributed by atoms with E-state index < -0.39 is 6.10 Å². The molecule has 0 aliphatic carbocycles. The molecule has 102 valence electrons. The van der Waals surface area contributed by atoms with Gasteiger partial charge in [-0.3, -0.25) is 0 Å². The van der Waals surface area contributed by atoms with Crippen molar-refractivity contribution < 1.29 is 9.50 Å². The van der Waals surface area contributed by atoms with Gasteiger partial charge in [0.15, 0.2) is 0 Å². The van der Waals surface area contributed by atoms with Crippen molar-refractivity contribution in [3.63, 3.8) is 0 Å². The topological polar surface area (TPSA) is 23.5 Å². The van der Waals surface area contributed by atoms with Crippen LogP contribution in [0.15, 0.2) is 34.1 Å². The van der Waals surface area contributed by atoms with E-state index in [9.17, 15) is 9.50 Å². The fraction of sp³-hybridized carbons (Fsp3) is 0.286. The Labute approximate surface area is 124 Å². The van der Waals surface area contributed by atoms with Crippen LogP contribution in [0.1, 0.15) is 23.5 Å². The molecule has 0 saturated carbocycles. The van der Waals surface area contributed by atoms with E-state index in [2.05, 4.69) is 15.9 Å². The fourth-order valence-corrected chi connectivity index (χ4v) is 3.53. The summed E-state index contributed by atoms with van der Waals surface area (Å²) in [6.45, 7) is 2.26. The van der Waals surface area contributed by atoms with Crippen LogP contribution >= 0.6 is 27.3 Å². The van der Waals surface area contributed by atoms with Gasteiger partial charge in [0, 0.05) is 33.0 Å². The van der Waals surface area contributed by atoms with Crippen molar-refractivity contribution in [1.29, 1.82) is 0 Å². The van der Waals surface area contributed by atoms with Crippen LogP contribution in [0.3, 0.4) is 0 Å². The molecule has 1 aromatic heterocycles. The molecule has 0 fully saturated rings. The van der Waals surface area contributed by atoms with Gasteiger partial charge in [0.05, 0.1) is 12.6 Å². The highest BCUT2D eigenvalue weighted by molar-refractivity contribution is 9.10. The van der Waals surface area contributed by atoms with Crippen molar-refractivity contribution in [2.24, 2.45) is 0 Å². The van der Waals surface area contributed by atoms with Crippen molar-refractivity contribution in [1.82, 2.24) is 0 Å². The average molecular weight is 344 g/mol. The Morgan fingerprint density at radius 1 is 1.47 bits per heavy atom. The van der Waals surface area contributed by atoms with Crippen LogP contribution in [-0.2, 0) is 6.54 Å². The maximum Gasteiger partial charge on any atom is 0.131 e. The summed E-state index contributed by atoms with van der Waals surface area (Å²) in [5.74, 6) is -0.369. The van der Waals surface area contributed by atoms with Gasteiger partial charge in [-0.1, -0.05) is 6.07 Å². The minimum atomic E-state index is -0.825. The molecule has 2 rings (SSSR count). The van der Waals surface area contributed by atoms with E-state index in [0.717, 1.165) is 10.2 Å². The Hall–Kier alpha value is -0.910. The molecule has 1 unspecified atom stereocenters. The smallest absolute Gasteiger partial charge is 0.131 e. The summed E-state index contributed by atoms with van der Waals surface area (Å²) in [6, 6.07) is 6.91. The van der Waals surface area contributed by atoms with Crippen molar-refractivity contribution in [3.05, 3.63) is 50.4 Å². The second-order valence-electron chi connectivity index (χ2n) is 4.44. The number of thiophene rings is 1. The molecule has 0 radical (unpaired) electrons. The van der Waals surface area contributed by atoms with E-state index in [1.54, 1.807) is 24.3 Å². The molecule has 1 atom stereocenters. The molecule has 0 amide bonds. The molecule has 1 N–H and O–H groups in total. The Balaban J connectivity index is 2.28. The number of anilines is 1. The molecule has 1 heterocycles. The molecule has 19 heavy (non-hydrogen) atoms. The standard InChI is InChI=1S/C14H15BrFNOS/c1-9(18)14-12(16)4-3-5-13(14)17(2)7-11-6-10(15)8-19-11/h3-6,8-9,18H,7H2,1-2H3. The van der Waals surface area contributed by atoms with Crippen LogP contribution in [0.2, 0.25) is 0 Å². The van der Waals surface area contributed by atoms with E-state index in [1.807, 2.05) is 29.5 Å². The Bertz CT molecular complexity index is 570. The van der Waals surface area contributed by atoms with E-state index in [0.29, 0.717) is 12.1 Å². The third kappa shape index (κ3) is 3.35. The highest BCUT2D eigenvalue weighted by atomic mass is 79.9.